The Hall–Kier alpha value is -1.85. The van der Waals surface area contributed by atoms with Crippen molar-refractivity contribution < 1.29 is 8.42 Å². The highest BCUT2D eigenvalue weighted by Crippen LogP contribution is 2.28. The Balaban J connectivity index is 2.09. The topological polar surface area (TPSA) is 62.8 Å². The molecule has 0 amide bonds. The zero-order valence-electron chi connectivity index (χ0n) is 10.6. The van der Waals surface area contributed by atoms with E-state index in [0.717, 1.165) is 22.2 Å². The molecule has 1 N–H and O–H groups in total. The molecule has 0 bridgehead atoms. The van der Waals surface area contributed by atoms with Crippen LogP contribution in [0.1, 0.15) is 0 Å². The number of hydrogen-bond donors (Lipinski definition) is 1. The average molecular weight is 307 g/mol. The fourth-order valence-electron chi connectivity index (χ4n) is 2.06. The van der Waals surface area contributed by atoms with Crippen molar-refractivity contribution in [3.63, 3.8) is 0 Å². The average Bonchev–Trinajstić information content (AvgIpc) is 2.83. The van der Waals surface area contributed by atoms with E-state index < -0.39 is 9.84 Å². The Morgan fingerprint density at radius 2 is 1.85 bits per heavy atom. The Kier molecular flexibility index (Phi) is 3.03. The first-order valence-corrected chi connectivity index (χ1v) is 8.16. The summed E-state index contributed by atoms with van der Waals surface area (Å²) >= 11 is 6.03. The van der Waals surface area contributed by atoms with E-state index in [1.54, 1.807) is 30.5 Å². The molecule has 2 heterocycles. The number of halogens is 1. The quantitative estimate of drug-likeness (QED) is 0.739. The molecule has 1 aromatic carbocycles. The number of hydrogen-bond acceptors (Lipinski definition) is 3. The maximum atomic E-state index is 11.4. The van der Waals surface area contributed by atoms with Crippen molar-refractivity contribution in [3.05, 3.63) is 47.7 Å². The van der Waals surface area contributed by atoms with E-state index in [1.807, 2.05) is 12.1 Å². The highest BCUT2D eigenvalue weighted by Gasteiger charge is 2.09. The first kappa shape index (κ1) is 13.1. The summed E-state index contributed by atoms with van der Waals surface area (Å²) in [4.78, 5) is 7.57. The molecule has 0 radical (unpaired) electrons. The molecule has 0 saturated heterocycles. The van der Waals surface area contributed by atoms with Crippen LogP contribution < -0.4 is 0 Å². The van der Waals surface area contributed by atoms with Gasteiger partial charge in [-0.2, -0.15) is 0 Å². The van der Waals surface area contributed by atoms with Crippen LogP contribution in [-0.4, -0.2) is 24.6 Å². The minimum Gasteiger partial charge on any atom is -0.354 e. The summed E-state index contributed by atoms with van der Waals surface area (Å²) in [5, 5.41) is 1.29. The molecule has 0 spiro atoms. The maximum Gasteiger partial charge on any atom is 0.175 e. The number of aromatic nitrogens is 2. The molecule has 102 valence electrons. The molecule has 6 heteroatoms. The molecular weight excluding hydrogens is 296 g/mol. The van der Waals surface area contributed by atoms with Gasteiger partial charge in [0.1, 0.15) is 5.15 Å². The number of aromatic amines is 1. The third-order valence-corrected chi connectivity index (χ3v) is 4.52. The van der Waals surface area contributed by atoms with Crippen LogP contribution in [0.25, 0.3) is 22.2 Å². The molecule has 0 aliphatic heterocycles. The zero-order valence-corrected chi connectivity index (χ0v) is 12.2. The largest absolute Gasteiger partial charge is 0.354 e. The molecule has 3 aromatic rings. The second kappa shape index (κ2) is 4.61. The maximum absolute atomic E-state index is 11.4. The van der Waals surface area contributed by atoms with Gasteiger partial charge in [0.05, 0.1) is 10.4 Å². The van der Waals surface area contributed by atoms with Crippen LogP contribution in [0, 0.1) is 0 Å². The van der Waals surface area contributed by atoms with E-state index in [2.05, 4.69) is 9.97 Å². The number of fused-ring (bicyclic) bond motifs is 1. The van der Waals surface area contributed by atoms with Crippen LogP contribution in [0.4, 0.5) is 0 Å². The predicted octanol–water partition coefficient (Wildman–Crippen LogP) is 3.29. The molecule has 0 aliphatic carbocycles. The van der Waals surface area contributed by atoms with Gasteiger partial charge in [-0.25, -0.2) is 13.4 Å². The zero-order chi connectivity index (χ0) is 14.3. The molecule has 0 aliphatic rings. The van der Waals surface area contributed by atoms with E-state index in [-0.39, 0.29) is 0 Å². The fourth-order valence-corrected chi connectivity index (χ4v) is 2.90. The van der Waals surface area contributed by atoms with Crippen LogP contribution in [0.2, 0.25) is 5.15 Å². The van der Waals surface area contributed by atoms with Gasteiger partial charge in [0.15, 0.2) is 9.84 Å². The number of pyridine rings is 1. The van der Waals surface area contributed by atoms with Crippen LogP contribution >= 0.6 is 11.6 Å². The van der Waals surface area contributed by atoms with Crippen molar-refractivity contribution in [2.75, 3.05) is 6.26 Å². The van der Waals surface area contributed by atoms with Crippen molar-refractivity contribution in [2.45, 2.75) is 4.90 Å². The molecule has 0 saturated carbocycles. The first-order chi connectivity index (χ1) is 9.45. The van der Waals surface area contributed by atoms with Gasteiger partial charge in [0, 0.05) is 23.5 Å². The molecule has 2 aromatic heterocycles. The number of sulfone groups is 1. The monoisotopic (exact) mass is 306 g/mol. The highest BCUT2D eigenvalue weighted by atomic mass is 35.5. The lowest BCUT2D eigenvalue weighted by Crippen LogP contribution is -1.96. The Morgan fingerprint density at radius 1 is 1.15 bits per heavy atom. The second-order valence-corrected chi connectivity index (χ2v) is 6.92. The lowest BCUT2D eigenvalue weighted by molar-refractivity contribution is 0.602. The Morgan fingerprint density at radius 3 is 2.45 bits per heavy atom. The number of H-pyrrole nitrogens is 1. The lowest BCUT2D eigenvalue weighted by atomic mass is 10.1. The normalized spacial score (nSPS) is 11.9. The summed E-state index contributed by atoms with van der Waals surface area (Å²) in [6.07, 6.45) is 2.83. The second-order valence-electron chi connectivity index (χ2n) is 4.54. The smallest absolute Gasteiger partial charge is 0.175 e. The number of benzene rings is 1. The Labute approximate surface area is 121 Å². The van der Waals surface area contributed by atoms with E-state index in [9.17, 15) is 8.42 Å². The summed E-state index contributed by atoms with van der Waals surface area (Å²) in [5.41, 5.74) is 2.66. The highest BCUT2D eigenvalue weighted by molar-refractivity contribution is 7.90. The first-order valence-electron chi connectivity index (χ1n) is 5.89. The third kappa shape index (κ3) is 2.30. The van der Waals surface area contributed by atoms with Crippen LogP contribution in [0.3, 0.4) is 0 Å². The number of nitrogens with zero attached hydrogens (tertiary/aromatic N) is 1. The van der Waals surface area contributed by atoms with Gasteiger partial charge < -0.3 is 4.98 Å². The molecule has 0 fully saturated rings. The van der Waals surface area contributed by atoms with Crippen molar-refractivity contribution in [3.8, 4) is 11.3 Å². The van der Waals surface area contributed by atoms with Crippen molar-refractivity contribution in [1.29, 1.82) is 0 Å². The molecule has 0 unspecified atom stereocenters. The van der Waals surface area contributed by atoms with E-state index >= 15 is 0 Å². The van der Waals surface area contributed by atoms with Gasteiger partial charge in [-0.15, -0.1) is 0 Å². The summed E-state index contributed by atoms with van der Waals surface area (Å²) in [7, 11) is -3.17. The van der Waals surface area contributed by atoms with Crippen molar-refractivity contribution in [1.82, 2.24) is 9.97 Å². The minimum absolute atomic E-state index is 0.303. The molecule has 0 atom stereocenters. The molecule has 3 rings (SSSR count). The molecule has 20 heavy (non-hydrogen) atoms. The summed E-state index contributed by atoms with van der Waals surface area (Å²) in [6.45, 7) is 0. The van der Waals surface area contributed by atoms with Crippen LogP contribution in [0.15, 0.2) is 47.5 Å². The Bertz CT molecular complexity index is 883. The van der Waals surface area contributed by atoms with Gasteiger partial charge in [0.2, 0.25) is 0 Å². The molecular formula is C14H11ClN2O2S. The minimum atomic E-state index is -3.17. The standard InChI is InChI=1S/C14H11ClN2O2S/c1-20(18,19)10-4-2-9(3-5-10)13-8-11-12(17-13)6-7-16-14(11)15/h2-8,17H,1H3. The fraction of sp³-hybridized carbons (Fsp3) is 0.0714. The van der Waals surface area contributed by atoms with E-state index in [1.165, 1.54) is 6.26 Å². The SMILES string of the molecule is CS(=O)(=O)c1ccc(-c2cc3c(Cl)nccc3[nH]2)cc1. The van der Waals surface area contributed by atoms with Crippen molar-refractivity contribution >= 4 is 32.3 Å². The van der Waals surface area contributed by atoms with Gasteiger partial charge in [-0.3, -0.25) is 0 Å². The summed E-state index contributed by atoms with van der Waals surface area (Å²) in [6, 6.07) is 10.5. The van der Waals surface area contributed by atoms with Crippen molar-refractivity contribution in [2.24, 2.45) is 0 Å². The van der Waals surface area contributed by atoms with Gasteiger partial charge >= 0.3 is 0 Å². The summed E-state index contributed by atoms with van der Waals surface area (Å²) < 4.78 is 22.9. The number of rotatable bonds is 2. The summed E-state index contributed by atoms with van der Waals surface area (Å²) in [5.74, 6) is 0. The van der Waals surface area contributed by atoms with Gasteiger partial charge in [-0.1, -0.05) is 23.7 Å². The predicted molar refractivity (Wildman–Crippen MR) is 79.6 cm³/mol. The van der Waals surface area contributed by atoms with Gasteiger partial charge in [-0.05, 0) is 29.8 Å². The van der Waals surface area contributed by atoms with Gasteiger partial charge in [0.25, 0.3) is 0 Å². The molecule has 4 nitrogen and oxygen atoms in total. The van der Waals surface area contributed by atoms with E-state index in [0.29, 0.717) is 10.0 Å². The van der Waals surface area contributed by atoms with Crippen LogP contribution in [0.5, 0.6) is 0 Å². The van der Waals surface area contributed by atoms with Crippen LogP contribution in [-0.2, 0) is 9.84 Å². The lowest BCUT2D eigenvalue weighted by Gasteiger charge is -2.00. The van der Waals surface area contributed by atoms with E-state index in [4.69, 9.17) is 11.6 Å². The third-order valence-electron chi connectivity index (χ3n) is 3.09. The number of nitrogens with one attached hydrogen (secondary N) is 1.